The Morgan fingerprint density at radius 1 is 1.16 bits per heavy atom. The largest absolute Gasteiger partial charge is 0.494 e. The topological polar surface area (TPSA) is 120 Å². The number of likely N-dealkylation sites (tertiary alicyclic amines) is 1. The molecule has 226 valence electrons. The molecule has 0 aliphatic carbocycles. The zero-order valence-corrected chi connectivity index (χ0v) is 24.0. The van der Waals surface area contributed by atoms with Gasteiger partial charge in [-0.15, -0.1) is 11.3 Å². The van der Waals surface area contributed by atoms with Gasteiger partial charge in [-0.25, -0.2) is 4.79 Å². The summed E-state index contributed by atoms with van der Waals surface area (Å²) in [6.45, 7) is 1.93. The van der Waals surface area contributed by atoms with Crippen LogP contribution in [0.2, 0.25) is 0 Å². The molecule has 2 amide bonds. The maximum Gasteiger partial charge on any atom is 0.490 e. The summed E-state index contributed by atoms with van der Waals surface area (Å²) < 4.78 is 50.0. The van der Waals surface area contributed by atoms with Crippen LogP contribution in [0.1, 0.15) is 35.1 Å². The number of pyridine rings is 2. The Bertz CT molecular complexity index is 1750. The van der Waals surface area contributed by atoms with E-state index in [4.69, 9.17) is 4.74 Å². The first-order valence-corrected chi connectivity index (χ1v) is 14.2. The molecule has 1 saturated heterocycles. The van der Waals surface area contributed by atoms with E-state index in [1.807, 2.05) is 36.4 Å². The third-order valence-electron chi connectivity index (χ3n) is 7.17. The van der Waals surface area contributed by atoms with Gasteiger partial charge in [-0.2, -0.15) is 13.2 Å². The normalized spacial score (nSPS) is 15.9. The number of carbonyl (C=O) groups excluding carboxylic acids is 3. The number of hydrogen-bond donors (Lipinski definition) is 1. The van der Waals surface area contributed by atoms with Crippen molar-refractivity contribution in [3.63, 3.8) is 0 Å². The highest BCUT2D eigenvalue weighted by molar-refractivity contribution is 7.22. The van der Waals surface area contributed by atoms with E-state index in [1.54, 1.807) is 16.8 Å². The van der Waals surface area contributed by atoms with Crippen LogP contribution in [0.5, 0.6) is 5.75 Å². The van der Waals surface area contributed by atoms with Gasteiger partial charge in [0.05, 0.1) is 29.6 Å². The summed E-state index contributed by atoms with van der Waals surface area (Å²) >= 11 is 1.14. The second kappa shape index (κ2) is 12.0. The number of nitrogens with zero attached hydrogens (tertiary/aromatic N) is 3. The minimum atomic E-state index is -5.22. The molecular weight excluding hydrogens is 589 g/mol. The van der Waals surface area contributed by atoms with Gasteiger partial charge in [0.25, 0.3) is 17.4 Å². The van der Waals surface area contributed by atoms with Crippen molar-refractivity contribution in [2.24, 2.45) is 0 Å². The fourth-order valence-electron chi connectivity index (χ4n) is 5.11. The van der Waals surface area contributed by atoms with Gasteiger partial charge in [0, 0.05) is 30.7 Å². The molecule has 4 aromatic rings. The predicted molar refractivity (Wildman–Crippen MR) is 152 cm³/mol. The van der Waals surface area contributed by atoms with Crippen molar-refractivity contribution in [3.8, 4) is 5.75 Å². The van der Waals surface area contributed by atoms with Gasteiger partial charge < -0.3 is 24.3 Å². The number of thiophene rings is 1. The van der Waals surface area contributed by atoms with E-state index in [2.05, 4.69) is 15.0 Å². The molecule has 1 N–H and O–H groups in total. The number of esters is 1. The number of methoxy groups -OCH3 is 1. The predicted octanol–water partition coefficient (Wildman–Crippen LogP) is 3.88. The van der Waals surface area contributed by atoms with E-state index in [0.717, 1.165) is 16.7 Å². The lowest BCUT2D eigenvalue weighted by Gasteiger charge is -2.20. The second-order valence-corrected chi connectivity index (χ2v) is 11.0. The van der Waals surface area contributed by atoms with Crippen molar-refractivity contribution in [2.45, 2.75) is 44.6 Å². The molecule has 1 aliphatic rings. The van der Waals surface area contributed by atoms with Crippen LogP contribution < -0.4 is 15.6 Å². The van der Waals surface area contributed by atoms with Crippen molar-refractivity contribution in [1.82, 2.24) is 19.8 Å². The highest BCUT2D eigenvalue weighted by Crippen LogP contribution is 2.40. The van der Waals surface area contributed by atoms with Gasteiger partial charge in [-0.3, -0.25) is 19.4 Å². The van der Waals surface area contributed by atoms with Crippen LogP contribution in [0.15, 0.2) is 53.5 Å². The zero-order valence-electron chi connectivity index (χ0n) is 23.1. The molecule has 43 heavy (non-hydrogen) atoms. The first-order chi connectivity index (χ1) is 20.5. The van der Waals surface area contributed by atoms with Crippen LogP contribution in [-0.4, -0.2) is 70.8 Å². The van der Waals surface area contributed by atoms with Crippen LogP contribution in [0.4, 0.5) is 13.2 Å². The zero-order chi connectivity index (χ0) is 30.9. The number of benzene rings is 1. The Labute approximate surface area is 247 Å². The Morgan fingerprint density at radius 3 is 2.58 bits per heavy atom. The molecule has 4 heterocycles. The summed E-state index contributed by atoms with van der Waals surface area (Å²) in [5, 5.41) is 3.61. The number of nitrogens with one attached hydrogen (secondary N) is 1. The molecule has 5 rings (SSSR count). The van der Waals surface area contributed by atoms with Crippen molar-refractivity contribution in [2.75, 3.05) is 20.2 Å². The van der Waals surface area contributed by atoms with Crippen molar-refractivity contribution >= 4 is 50.1 Å². The summed E-state index contributed by atoms with van der Waals surface area (Å²) in [5.41, 5.74) is 1.02. The monoisotopic (exact) mass is 616 g/mol. The molecule has 0 radical (unpaired) electrons. The molecule has 1 aromatic carbocycles. The van der Waals surface area contributed by atoms with Gasteiger partial charge >= 0.3 is 12.1 Å². The third kappa shape index (κ3) is 5.91. The van der Waals surface area contributed by atoms with E-state index in [0.29, 0.717) is 22.3 Å². The Morgan fingerprint density at radius 2 is 1.91 bits per heavy atom. The highest BCUT2D eigenvalue weighted by atomic mass is 32.1. The van der Waals surface area contributed by atoms with Gasteiger partial charge in [0.2, 0.25) is 0 Å². The first-order valence-electron chi connectivity index (χ1n) is 13.4. The number of fused-ring (bicyclic) bond motifs is 3. The Balaban J connectivity index is 1.41. The smallest absolute Gasteiger partial charge is 0.490 e. The lowest BCUT2D eigenvalue weighted by atomic mass is 10.1. The minimum Gasteiger partial charge on any atom is -0.494 e. The number of rotatable bonds is 8. The molecular formula is C29H27F3N4O6S. The summed E-state index contributed by atoms with van der Waals surface area (Å²) in [4.78, 5) is 57.4. The molecule has 14 heteroatoms. The number of ether oxygens (including phenoxy) is 2. The lowest BCUT2D eigenvalue weighted by Crippen LogP contribution is -2.45. The second-order valence-electron chi connectivity index (χ2n) is 9.94. The number of carbonyl (C=O) groups is 3. The third-order valence-corrected chi connectivity index (χ3v) is 8.37. The minimum absolute atomic E-state index is 0.0658. The summed E-state index contributed by atoms with van der Waals surface area (Å²) in [7, 11) is 1.39. The Hall–Kier alpha value is -4.46. The summed E-state index contributed by atoms with van der Waals surface area (Å²) in [6.07, 6.45) is -5.03. The van der Waals surface area contributed by atoms with Crippen molar-refractivity contribution in [3.05, 3.63) is 69.6 Å². The molecule has 3 aromatic heterocycles. The number of halogens is 3. The fourth-order valence-corrected chi connectivity index (χ4v) is 6.37. The average Bonchev–Trinajstić information content (AvgIpc) is 3.62. The molecule has 0 saturated carbocycles. The van der Waals surface area contributed by atoms with Crippen LogP contribution >= 0.6 is 11.3 Å². The van der Waals surface area contributed by atoms with Gasteiger partial charge in [-0.1, -0.05) is 31.2 Å². The van der Waals surface area contributed by atoms with Gasteiger partial charge in [-0.05, 0) is 31.0 Å². The Kier molecular flexibility index (Phi) is 8.40. The van der Waals surface area contributed by atoms with Crippen molar-refractivity contribution < 1.29 is 37.0 Å². The molecule has 1 aliphatic heterocycles. The van der Waals surface area contributed by atoms with E-state index >= 15 is 0 Å². The maximum absolute atomic E-state index is 13.9. The maximum atomic E-state index is 13.9. The van der Waals surface area contributed by atoms with E-state index < -0.39 is 36.1 Å². The summed E-state index contributed by atoms with van der Waals surface area (Å²) in [6, 6.07) is 12.2. The lowest BCUT2D eigenvalue weighted by molar-refractivity contribution is -0.205. The van der Waals surface area contributed by atoms with Crippen LogP contribution in [0.25, 0.3) is 21.0 Å². The number of aromatic nitrogens is 2. The molecule has 2 unspecified atom stereocenters. The number of para-hydroxylation sites is 1. The molecule has 2 atom stereocenters. The van der Waals surface area contributed by atoms with Gasteiger partial charge in [0.1, 0.15) is 10.3 Å². The van der Waals surface area contributed by atoms with Crippen LogP contribution in [-0.2, 0) is 20.9 Å². The van der Waals surface area contributed by atoms with E-state index in [1.165, 1.54) is 18.9 Å². The van der Waals surface area contributed by atoms with Crippen LogP contribution in [0, 0.1) is 0 Å². The van der Waals surface area contributed by atoms with Crippen LogP contribution in [0.3, 0.4) is 0 Å². The van der Waals surface area contributed by atoms with Crippen molar-refractivity contribution in [1.29, 1.82) is 0 Å². The quantitative estimate of drug-likeness (QED) is 0.299. The number of alkyl halides is 3. The molecule has 10 nitrogen and oxygen atoms in total. The molecule has 0 bridgehead atoms. The van der Waals surface area contributed by atoms with Gasteiger partial charge in [0.15, 0.2) is 11.9 Å². The number of hydrogen-bond acceptors (Lipinski definition) is 8. The van der Waals surface area contributed by atoms with E-state index in [-0.39, 0.29) is 47.6 Å². The molecule has 0 spiro atoms. The molecule has 1 fully saturated rings. The SMILES string of the molecule is CCC(OC(=O)C(F)(F)F)C(=O)NC1CCN(C(=O)c2sc3c(c2OC)c(=O)n(Cc2ccccn2)c2ccccc32)C1. The number of amides is 2. The first kappa shape index (κ1) is 30.0. The van der Waals surface area contributed by atoms with E-state index in [9.17, 15) is 32.3 Å². The highest BCUT2D eigenvalue weighted by Gasteiger charge is 2.43. The fraction of sp³-hybridized carbons (Fsp3) is 0.345. The standard InChI is InChI=1S/C29H27F3N4O6S/c1-3-20(42-28(40)29(30,31)32)25(37)34-17-11-13-35(14-17)27(39)24-22(41-2)21-23(43-24)18-9-4-5-10-19(18)36(26(21)38)15-16-8-6-7-12-33-16/h4-10,12,17,20H,3,11,13-15H2,1-2H3,(H,34,37). The summed E-state index contributed by atoms with van der Waals surface area (Å²) in [5.74, 6) is -3.59. The average molecular weight is 617 g/mol.